The highest BCUT2D eigenvalue weighted by Gasteiger charge is 2.43. The maximum absolute atomic E-state index is 13.2. The SMILES string of the molecule is Cc1cc(-c2ccc([C@H](C)N3CCC(CCNS(C)(=O)=O)(c4ccccc4)OC3=O)cc2)ccn1. The van der Waals surface area contributed by atoms with Gasteiger partial charge in [0.1, 0.15) is 5.60 Å². The van der Waals surface area contributed by atoms with E-state index in [9.17, 15) is 13.2 Å². The van der Waals surface area contributed by atoms with Crippen LogP contribution in [0.25, 0.3) is 11.1 Å². The van der Waals surface area contributed by atoms with Crippen molar-refractivity contribution in [3.05, 3.63) is 89.7 Å². The first-order valence-electron chi connectivity index (χ1n) is 11.7. The average molecular weight is 494 g/mol. The molecule has 2 aromatic carbocycles. The smallest absolute Gasteiger partial charge is 0.411 e. The summed E-state index contributed by atoms with van der Waals surface area (Å²) in [5, 5.41) is 0. The maximum atomic E-state index is 13.2. The van der Waals surface area contributed by atoms with Crippen LogP contribution in [-0.2, 0) is 20.4 Å². The quantitative estimate of drug-likeness (QED) is 0.487. The number of hydrogen-bond donors (Lipinski definition) is 1. The van der Waals surface area contributed by atoms with Crippen LogP contribution in [0.5, 0.6) is 0 Å². The van der Waals surface area contributed by atoms with Gasteiger partial charge in [-0.3, -0.25) is 4.98 Å². The molecule has 3 aromatic rings. The fraction of sp³-hybridized carbons (Fsp3) is 0.333. The molecule has 0 aliphatic carbocycles. The number of carbonyl (C=O) groups excluding carboxylic acids is 1. The van der Waals surface area contributed by atoms with Gasteiger partial charge in [0.25, 0.3) is 0 Å². The molecule has 2 heterocycles. The molecule has 7 nitrogen and oxygen atoms in total. The summed E-state index contributed by atoms with van der Waals surface area (Å²) in [5.41, 5.74) is 4.16. The van der Waals surface area contributed by atoms with Crippen LogP contribution in [0.4, 0.5) is 4.79 Å². The molecule has 0 saturated carbocycles. The van der Waals surface area contributed by atoms with Crippen molar-refractivity contribution in [2.45, 2.75) is 38.3 Å². The van der Waals surface area contributed by atoms with Crippen molar-refractivity contribution < 1.29 is 17.9 Å². The lowest BCUT2D eigenvalue weighted by Gasteiger charge is -2.43. The Hall–Kier alpha value is -3.23. The van der Waals surface area contributed by atoms with Gasteiger partial charge in [-0.2, -0.15) is 0 Å². The Bertz CT molecular complexity index is 1280. The van der Waals surface area contributed by atoms with Crippen molar-refractivity contribution in [1.29, 1.82) is 0 Å². The second kappa shape index (κ2) is 10.2. The summed E-state index contributed by atoms with van der Waals surface area (Å²) in [6.07, 6.45) is 3.45. The number of rotatable bonds is 8. The minimum Gasteiger partial charge on any atom is -0.438 e. The lowest BCUT2D eigenvalue weighted by Crippen LogP contribution is -2.49. The van der Waals surface area contributed by atoms with Crippen molar-refractivity contribution in [1.82, 2.24) is 14.6 Å². The zero-order valence-electron chi connectivity index (χ0n) is 20.3. The Morgan fingerprint density at radius 1 is 1.09 bits per heavy atom. The highest BCUT2D eigenvalue weighted by molar-refractivity contribution is 7.88. The van der Waals surface area contributed by atoms with E-state index in [0.29, 0.717) is 19.4 Å². The molecule has 1 aromatic heterocycles. The third kappa shape index (κ3) is 5.89. The largest absolute Gasteiger partial charge is 0.438 e. The number of nitrogens with one attached hydrogen (secondary N) is 1. The van der Waals surface area contributed by atoms with E-state index < -0.39 is 21.7 Å². The molecular weight excluding hydrogens is 462 g/mol. The van der Waals surface area contributed by atoms with Crippen molar-refractivity contribution in [3.8, 4) is 11.1 Å². The topological polar surface area (TPSA) is 88.6 Å². The second-order valence-corrected chi connectivity index (χ2v) is 10.9. The molecule has 8 heteroatoms. The van der Waals surface area contributed by atoms with E-state index in [4.69, 9.17) is 4.74 Å². The van der Waals surface area contributed by atoms with Gasteiger partial charge in [0, 0.05) is 37.8 Å². The van der Waals surface area contributed by atoms with Gasteiger partial charge in [0.15, 0.2) is 0 Å². The highest BCUT2D eigenvalue weighted by atomic mass is 32.2. The van der Waals surface area contributed by atoms with E-state index in [1.807, 2.05) is 68.4 Å². The predicted octanol–water partition coefficient (Wildman–Crippen LogP) is 4.80. The summed E-state index contributed by atoms with van der Waals surface area (Å²) in [4.78, 5) is 19.2. The molecule has 1 fully saturated rings. The van der Waals surface area contributed by atoms with Gasteiger partial charge in [-0.15, -0.1) is 0 Å². The van der Waals surface area contributed by atoms with E-state index in [1.165, 1.54) is 0 Å². The number of cyclic esters (lactones) is 1. The standard InChI is InChI=1S/C27H31N3O4S/c1-20-19-24(13-16-28-20)23-11-9-22(10-12-23)21(2)30-18-15-27(34-26(30)31,14-17-29-35(3,32)33)25-7-5-4-6-8-25/h4-13,16,19,21,29H,14-15,17-18H2,1-3H3/t21-,27?/m0/s1. The monoisotopic (exact) mass is 493 g/mol. The number of sulfonamides is 1. The summed E-state index contributed by atoms with van der Waals surface area (Å²) < 4.78 is 31.8. The number of aromatic nitrogens is 1. The van der Waals surface area contributed by atoms with Gasteiger partial charge in [-0.05, 0) is 48.2 Å². The van der Waals surface area contributed by atoms with Crippen LogP contribution in [0, 0.1) is 6.92 Å². The van der Waals surface area contributed by atoms with Crippen LogP contribution < -0.4 is 4.72 Å². The zero-order valence-corrected chi connectivity index (χ0v) is 21.1. The molecule has 1 unspecified atom stereocenters. The molecule has 0 bridgehead atoms. The van der Waals surface area contributed by atoms with Crippen molar-refractivity contribution in [2.75, 3.05) is 19.3 Å². The molecule has 35 heavy (non-hydrogen) atoms. The molecule has 1 aliphatic rings. The third-order valence-corrected chi connectivity index (χ3v) is 7.29. The number of amides is 1. The van der Waals surface area contributed by atoms with Gasteiger partial charge in [0.2, 0.25) is 10.0 Å². The summed E-state index contributed by atoms with van der Waals surface area (Å²) in [6.45, 7) is 4.65. The number of carbonyl (C=O) groups is 1. The molecule has 1 saturated heterocycles. The molecule has 0 radical (unpaired) electrons. The average Bonchev–Trinajstić information content (AvgIpc) is 2.84. The lowest BCUT2D eigenvalue weighted by molar-refractivity contribution is -0.0644. The van der Waals surface area contributed by atoms with E-state index in [-0.39, 0.29) is 12.6 Å². The first kappa shape index (κ1) is 24.9. The van der Waals surface area contributed by atoms with Crippen LogP contribution in [0.3, 0.4) is 0 Å². The second-order valence-electron chi connectivity index (χ2n) is 9.07. The summed E-state index contributed by atoms with van der Waals surface area (Å²) in [6, 6.07) is 21.6. The number of hydrogen-bond acceptors (Lipinski definition) is 5. The Morgan fingerprint density at radius 2 is 1.80 bits per heavy atom. The third-order valence-electron chi connectivity index (χ3n) is 6.56. The van der Waals surface area contributed by atoms with Crippen LogP contribution >= 0.6 is 0 Å². The first-order chi connectivity index (χ1) is 16.7. The van der Waals surface area contributed by atoms with E-state index >= 15 is 0 Å². The normalized spacial score (nSPS) is 19.3. The highest BCUT2D eigenvalue weighted by Crippen LogP contribution is 2.39. The summed E-state index contributed by atoms with van der Waals surface area (Å²) in [7, 11) is -3.34. The molecule has 4 rings (SSSR count). The Balaban J connectivity index is 1.50. The number of benzene rings is 2. The number of aryl methyl sites for hydroxylation is 1. The van der Waals surface area contributed by atoms with Crippen molar-refractivity contribution in [2.24, 2.45) is 0 Å². The fourth-order valence-electron chi connectivity index (χ4n) is 4.58. The molecule has 2 atom stereocenters. The molecule has 1 amide bonds. The van der Waals surface area contributed by atoms with E-state index in [1.54, 1.807) is 11.1 Å². The maximum Gasteiger partial charge on any atom is 0.411 e. The van der Waals surface area contributed by atoms with Gasteiger partial charge < -0.3 is 9.64 Å². The van der Waals surface area contributed by atoms with Gasteiger partial charge in [0.05, 0.1) is 12.3 Å². The molecule has 1 aliphatic heterocycles. The molecule has 0 spiro atoms. The minimum atomic E-state index is -3.34. The minimum absolute atomic E-state index is 0.168. The number of ether oxygens (including phenoxy) is 1. The lowest BCUT2D eigenvalue weighted by atomic mass is 9.85. The summed E-state index contributed by atoms with van der Waals surface area (Å²) in [5.74, 6) is 0. The van der Waals surface area contributed by atoms with Gasteiger partial charge in [-0.25, -0.2) is 17.9 Å². The number of nitrogens with zero attached hydrogens (tertiary/aromatic N) is 2. The Kier molecular flexibility index (Phi) is 7.23. The van der Waals surface area contributed by atoms with Gasteiger partial charge >= 0.3 is 6.09 Å². The van der Waals surface area contributed by atoms with Crippen LogP contribution in [0.1, 0.15) is 42.6 Å². The fourth-order valence-corrected chi connectivity index (χ4v) is 5.06. The van der Waals surface area contributed by atoms with Crippen LogP contribution in [0.2, 0.25) is 0 Å². The summed E-state index contributed by atoms with van der Waals surface area (Å²) >= 11 is 0. The Labute approximate surface area is 207 Å². The van der Waals surface area contributed by atoms with Crippen molar-refractivity contribution in [3.63, 3.8) is 0 Å². The van der Waals surface area contributed by atoms with Crippen LogP contribution in [0.15, 0.2) is 72.9 Å². The van der Waals surface area contributed by atoms with E-state index in [0.717, 1.165) is 34.2 Å². The zero-order chi connectivity index (χ0) is 25.1. The number of pyridine rings is 1. The van der Waals surface area contributed by atoms with E-state index in [2.05, 4.69) is 21.8 Å². The van der Waals surface area contributed by atoms with Crippen molar-refractivity contribution >= 4 is 16.1 Å². The van der Waals surface area contributed by atoms with Gasteiger partial charge in [-0.1, -0.05) is 54.6 Å². The molecule has 1 N–H and O–H groups in total. The molecule has 184 valence electrons. The first-order valence-corrected chi connectivity index (χ1v) is 13.6. The Morgan fingerprint density at radius 3 is 2.43 bits per heavy atom. The van der Waals surface area contributed by atoms with Crippen LogP contribution in [-0.4, -0.2) is 43.7 Å². The molecular formula is C27H31N3O4S. The predicted molar refractivity (Wildman–Crippen MR) is 136 cm³/mol.